The van der Waals surface area contributed by atoms with Crippen molar-refractivity contribution in [3.05, 3.63) is 64.2 Å². The Morgan fingerprint density at radius 2 is 1.68 bits per heavy atom. The third-order valence-electron chi connectivity index (χ3n) is 6.16. The molecule has 41 heavy (non-hydrogen) atoms. The monoisotopic (exact) mass is 577 g/mol. The van der Waals surface area contributed by atoms with E-state index in [0.717, 1.165) is 41.7 Å². The normalized spacial score (nSPS) is 12.4. The summed E-state index contributed by atoms with van der Waals surface area (Å²) in [6, 6.07) is 7.97. The van der Waals surface area contributed by atoms with Gasteiger partial charge in [-0.15, -0.1) is 0 Å². The summed E-state index contributed by atoms with van der Waals surface area (Å²) in [5.41, 5.74) is 1.78. The number of nitrogens with one attached hydrogen (secondary N) is 5. The molecule has 3 amide bonds. The largest absolute Gasteiger partial charge is 0.416 e. The fraction of sp³-hybridized carbons (Fsp3) is 0.500. The molecule has 0 radical (unpaired) electrons. The lowest BCUT2D eigenvalue weighted by Crippen LogP contribution is -2.56. The molecule has 2 aromatic rings. The summed E-state index contributed by atoms with van der Waals surface area (Å²) in [6.07, 6.45) is -3.01. The summed E-state index contributed by atoms with van der Waals surface area (Å²) in [5.74, 6) is -1.91. The Morgan fingerprint density at radius 1 is 0.976 bits per heavy atom. The van der Waals surface area contributed by atoms with E-state index in [-0.39, 0.29) is 17.8 Å². The molecule has 2 aromatic carbocycles. The second-order valence-corrected chi connectivity index (χ2v) is 11.1. The molecule has 0 aliphatic carbocycles. The first-order valence-electron chi connectivity index (χ1n) is 13.7. The van der Waals surface area contributed by atoms with Crippen molar-refractivity contribution < 1.29 is 27.6 Å². The molecule has 0 unspecified atom stereocenters. The van der Waals surface area contributed by atoms with Gasteiger partial charge in [-0.1, -0.05) is 37.1 Å². The lowest BCUT2D eigenvalue weighted by molar-refractivity contribution is -0.137. The average molecular weight is 578 g/mol. The smallest absolute Gasteiger partial charge is 0.384 e. The van der Waals surface area contributed by atoms with Crippen LogP contribution in [0.2, 0.25) is 0 Å². The number of amides is 3. The Balaban J connectivity index is 2.10. The first-order valence-corrected chi connectivity index (χ1v) is 13.7. The molecule has 0 spiro atoms. The Bertz CT molecular complexity index is 1210. The van der Waals surface area contributed by atoms with E-state index in [1.807, 2.05) is 53.7 Å². The van der Waals surface area contributed by atoms with Crippen molar-refractivity contribution in [3.8, 4) is 0 Å². The predicted octanol–water partition coefficient (Wildman–Crippen LogP) is 4.45. The molecule has 0 saturated heterocycles. The maximum Gasteiger partial charge on any atom is 0.416 e. The number of aryl methyl sites for hydroxylation is 2. The van der Waals surface area contributed by atoms with Crippen molar-refractivity contribution in [2.24, 2.45) is 0 Å². The summed E-state index contributed by atoms with van der Waals surface area (Å²) in [7, 11) is 0. The van der Waals surface area contributed by atoms with Crippen molar-refractivity contribution in [1.29, 1.82) is 0 Å². The summed E-state index contributed by atoms with van der Waals surface area (Å²) < 4.78 is 39.9. The topological polar surface area (TPSA) is 111 Å². The molecule has 1 atom stereocenters. The van der Waals surface area contributed by atoms with Gasteiger partial charge in [-0.25, -0.2) is 0 Å². The molecule has 0 bridgehead atoms. The molecule has 0 aromatic heterocycles. The van der Waals surface area contributed by atoms with Gasteiger partial charge in [0.05, 0.1) is 17.7 Å². The number of unbranched alkanes of at least 4 members (excludes halogenated alkanes) is 1. The molecule has 0 aliphatic heterocycles. The van der Waals surface area contributed by atoms with Crippen LogP contribution in [0.5, 0.6) is 0 Å². The number of rotatable bonds is 13. The first kappa shape index (κ1) is 33.6. The maximum atomic E-state index is 13.3. The maximum absolute atomic E-state index is 13.3. The number of halogens is 3. The van der Waals surface area contributed by atoms with Gasteiger partial charge in [0, 0.05) is 30.9 Å². The minimum Gasteiger partial charge on any atom is -0.384 e. The fourth-order valence-electron chi connectivity index (χ4n) is 4.02. The lowest BCUT2D eigenvalue weighted by Gasteiger charge is -2.26. The van der Waals surface area contributed by atoms with Crippen LogP contribution in [0, 0.1) is 13.8 Å². The van der Waals surface area contributed by atoms with Gasteiger partial charge >= 0.3 is 6.18 Å². The molecule has 5 N–H and O–H groups in total. The number of alkyl halides is 3. The van der Waals surface area contributed by atoms with E-state index in [4.69, 9.17) is 0 Å². The van der Waals surface area contributed by atoms with Crippen molar-refractivity contribution in [3.63, 3.8) is 0 Å². The van der Waals surface area contributed by atoms with Crippen LogP contribution in [0.15, 0.2) is 36.4 Å². The van der Waals surface area contributed by atoms with Crippen LogP contribution >= 0.6 is 0 Å². The van der Waals surface area contributed by atoms with Crippen molar-refractivity contribution in [2.45, 2.75) is 78.7 Å². The molecular weight excluding hydrogens is 535 g/mol. The molecule has 0 saturated carbocycles. The summed E-state index contributed by atoms with van der Waals surface area (Å²) in [5, 5.41) is 14.0. The predicted molar refractivity (Wildman–Crippen MR) is 155 cm³/mol. The second kappa shape index (κ2) is 14.9. The highest BCUT2D eigenvalue weighted by atomic mass is 19.4. The molecule has 0 aliphatic rings. The van der Waals surface area contributed by atoms with Crippen molar-refractivity contribution in [2.75, 3.05) is 25.0 Å². The molecule has 8 nitrogen and oxygen atoms in total. The van der Waals surface area contributed by atoms with E-state index in [1.54, 1.807) is 0 Å². The third kappa shape index (κ3) is 11.4. The van der Waals surface area contributed by atoms with Crippen LogP contribution in [0.1, 0.15) is 73.1 Å². The Labute approximate surface area is 240 Å². The van der Waals surface area contributed by atoms with Crippen LogP contribution < -0.4 is 26.6 Å². The van der Waals surface area contributed by atoms with Gasteiger partial charge in [0.1, 0.15) is 6.04 Å². The average Bonchev–Trinajstić information content (AvgIpc) is 2.86. The van der Waals surface area contributed by atoms with Crippen LogP contribution in [0.4, 0.5) is 18.9 Å². The molecular formula is C30H42F3N5O3. The summed E-state index contributed by atoms with van der Waals surface area (Å²) in [6.45, 7) is 11.9. The molecule has 11 heteroatoms. The Morgan fingerprint density at radius 3 is 2.29 bits per heavy atom. The van der Waals surface area contributed by atoms with Crippen molar-refractivity contribution in [1.82, 2.24) is 21.3 Å². The standard InChI is InChI=1S/C30H42F3N5O3/c1-7-8-13-35-24-12-11-22(30(31,32)33)15-23(24)27(40)36-18-26(39)37-25(28(41)38-29(4,5)6)17-34-16-21-10-9-19(2)14-20(21)3/h9-12,14-15,25,34-35H,7-8,13,16-18H2,1-6H3,(H,36,40)(H,37,39)(H,38,41)/t25-/m0/s1. The number of anilines is 1. The number of carbonyl (C=O) groups is 3. The summed E-state index contributed by atoms with van der Waals surface area (Å²) in [4.78, 5) is 38.6. The third-order valence-corrected chi connectivity index (χ3v) is 6.16. The SMILES string of the molecule is CCCCNc1ccc(C(F)(F)F)cc1C(=O)NCC(=O)N[C@@H](CNCc1ccc(C)cc1C)C(=O)NC(C)(C)C. The second-order valence-electron chi connectivity index (χ2n) is 11.1. The van der Waals surface area contributed by atoms with Crippen LogP contribution in [0.3, 0.4) is 0 Å². The van der Waals surface area contributed by atoms with E-state index in [0.29, 0.717) is 13.1 Å². The lowest BCUT2D eigenvalue weighted by atomic mass is 10.1. The van der Waals surface area contributed by atoms with E-state index < -0.39 is 47.6 Å². The van der Waals surface area contributed by atoms with Gasteiger partial charge in [-0.3, -0.25) is 14.4 Å². The van der Waals surface area contributed by atoms with E-state index >= 15 is 0 Å². The Kier molecular flexibility index (Phi) is 12.2. The molecule has 2 rings (SSSR count). The quantitative estimate of drug-likeness (QED) is 0.226. The van der Waals surface area contributed by atoms with Gasteiger partial charge < -0.3 is 26.6 Å². The molecule has 0 heterocycles. The van der Waals surface area contributed by atoms with Gasteiger partial charge in [-0.05, 0) is 70.4 Å². The number of hydrogen-bond acceptors (Lipinski definition) is 5. The van der Waals surface area contributed by atoms with Gasteiger partial charge in [0.15, 0.2) is 0 Å². The van der Waals surface area contributed by atoms with Crippen LogP contribution in [-0.4, -0.2) is 48.9 Å². The zero-order chi connectivity index (χ0) is 30.8. The minimum atomic E-state index is -4.63. The highest BCUT2D eigenvalue weighted by Crippen LogP contribution is 2.32. The number of benzene rings is 2. The summed E-state index contributed by atoms with van der Waals surface area (Å²) >= 11 is 0. The van der Waals surface area contributed by atoms with Crippen LogP contribution in [0.25, 0.3) is 0 Å². The van der Waals surface area contributed by atoms with E-state index in [1.165, 1.54) is 6.07 Å². The van der Waals surface area contributed by atoms with E-state index in [9.17, 15) is 27.6 Å². The van der Waals surface area contributed by atoms with Gasteiger partial charge in [0.25, 0.3) is 5.91 Å². The first-order chi connectivity index (χ1) is 19.1. The molecule has 0 fully saturated rings. The minimum absolute atomic E-state index is 0.119. The van der Waals surface area contributed by atoms with Crippen molar-refractivity contribution >= 4 is 23.4 Å². The van der Waals surface area contributed by atoms with Gasteiger partial charge in [-0.2, -0.15) is 13.2 Å². The molecule has 226 valence electrons. The number of carbonyl (C=O) groups excluding carboxylic acids is 3. The van der Waals surface area contributed by atoms with Crippen LogP contribution in [-0.2, 0) is 22.3 Å². The van der Waals surface area contributed by atoms with Gasteiger partial charge in [0.2, 0.25) is 11.8 Å². The zero-order valence-corrected chi connectivity index (χ0v) is 24.6. The number of hydrogen-bond donors (Lipinski definition) is 5. The fourth-order valence-corrected chi connectivity index (χ4v) is 4.02. The zero-order valence-electron chi connectivity index (χ0n) is 24.6. The Hall–Kier alpha value is -3.60. The highest BCUT2D eigenvalue weighted by molar-refractivity contribution is 6.01. The highest BCUT2D eigenvalue weighted by Gasteiger charge is 2.32. The van der Waals surface area contributed by atoms with E-state index in [2.05, 4.69) is 32.7 Å².